The third kappa shape index (κ3) is 5.17. The Labute approximate surface area is 162 Å². The number of nitrogens with zero attached hydrogens (tertiary/aromatic N) is 2. The van der Waals surface area contributed by atoms with Crippen molar-refractivity contribution in [3.8, 4) is 0 Å². The molecule has 3 amide bonds. The molecule has 3 rings (SSSR count). The molecule has 1 aromatic heterocycles. The summed E-state index contributed by atoms with van der Waals surface area (Å²) in [6.07, 6.45) is 1.01. The van der Waals surface area contributed by atoms with Gasteiger partial charge >= 0.3 is 0 Å². The van der Waals surface area contributed by atoms with Crippen molar-refractivity contribution in [2.45, 2.75) is 12.8 Å². The number of piperazine rings is 1. The summed E-state index contributed by atoms with van der Waals surface area (Å²) in [5, 5.41) is 6.49. The van der Waals surface area contributed by atoms with Gasteiger partial charge in [0.1, 0.15) is 0 Å². The molecule has 0 aliphatic carbocycles. The van der Waals surface area contributed by atoms with Gasteiger partial charge in [0, 0.05) is 55.7 Å². The van der Waals surface area contributed by atoms with Crippen molar-refractivity contribution < 1.29 is 14.4 Å². The number of hydrogen-bond acceptors (Lipinski definition) is 4. The van der Waals surface area contributed by atoms with E-state index in [1.54, 1.807) is 21.2 Å². The fourth-order valence-electron chi connectivity index (χ4n) is 3.02. The third-order valence-corrected chi connectivity index (χ3v) is 5.26. The Morgan fingerprint density at radius 3 is 2.30 bits per heavy atom. The minimum atomic E-state index is -0.100. The molecule has 1 N–H and O–H groups in total. The Kier molecular flexibility index (Phi) is 6.59. The maximum Gasteiger partial charge on any atom is 0.253 e. The van der Waals surface area contributed by atoms with E-state index < -0.39 is 0 Å². The van der Waals surface area contributed by atoms with Gasteiger partial charge in [-0.15, -0.1) is 0 Å². The van der Waals surface area contributed by atoms with Crippen LogP contribution in [-0.4, -0.2) is 60.2 Å². The molecule has 0 saturated carbocycles. The van der Waals surface area contributed by atoms with E-state index in [-0.39, 0.29) is 17.7 Å². The predicted molar refractivity (Wildman–Crippen MR) is 105 cm³/mol. The van der Waals surface area contributed by atoms with Crippen LogP contribution in [0.3, 0.4) is 0 Å². The summed E-state index contributed by atoms with van der Waals surface area (Å²) in [5.41, 5.74) is 1.34. The van der Waals surface area contributed by atoms with Crippen LogP contribution in [0.5, 0.6) is 0 Å². The SMILES string of the molecule is O=C(NCCCC(=O)N1CCN(C(=O)c2ccccc2)CC1)c1ccsc1. The molecule has 1 fully saturated rings. The Morgan fingerprint density at radius 1 is 0.926 bits per heavy atom. The number of hydrogen-bond donors (Lipinski definition) is 1. The van der Waals surface area contributed by atoms with Crippen molar-refractivity contribution in [1.29, 1.82) is 0 Å². The molecule has 142 valence electrons. The molecule has 6 nitrogen and oxygen atoms in total. The molecule has 0 radical (unpaired) electrons. The molecule has 1 aliphatic rings. The second-order valence-electron chi connectivity index (χ2n) is 6.41. The summed E-state index contributed by atoms with van der Waals surface area (Å²) >= 11 is 1.48. The Hall–Kier alpha value is -2.67. The zero-order valence-corrected chi connectivity index (χ0v) is 15.9. The predicted octanol–water partition coefficient (Wildman–Crippen LogP) is 2.24. The van der Waals surface area contributed by atoms with Crippen LogP contribution in [0, 0.1) is 0 Å². The summed E-state index contributed by atoms with van der Waals surface area (Å²) in [7, 11) is 0. The molecule has 7 heteroatoms. The zero-order chi connectivity index (χ0) is 19.1. The van der Waals surface area contributed by atoms with E-state index in [1.807, 2.05) is 35.7 Å². The molecule has 27 heavy (non-hydrogen) atoms. The molecule has 0 unspecified atom stereocenters. The topological polar surface area (TPSA) is 69.7 Å². The quantitative estimate of drug-likeness (QED) is 0.776. The van der Waals surface area contributed by atoms with E-state index in [2.05, 4.69) is 5.32 Å². The second-order valence-corrected chi connectivity index (χ2v) is 7.19. The monoisotopic (exact) mass is 385 g/mol. The van der Waals surface area contributed by atoms with Crippen LogP contribution in [0.25, 0.3) is 0 Å². The summed E-state index contributed by atoms with van der Waals surface area (Å²) in [6.45, 7) is 2.69. The van der Waals surface area contributed by atoms with Crippen LogP contribution in [0.15, 0.2) is 47.2 Å². The number of carbonyl (C=O) groups excluding carboxylic acids is 3. The minimum Gasteiger partial charge on any atom is -0.352 e. The summed E-state index contributed by atoms with van der Waals surface area (Å²) < 4.78 is 0. The lowest BCUT2D eigenvalue weighted by molar-refractivity contribution is -0.132. The van der Waals surface area contributed by atoms with Gasteiger partial charge in [-0.05, 0) is 30.0 Å². The maximum absolute atomic E-state index is 12.4. The summed E-state index contributed by atoms with van der Waals surface area (Å²) in [4.78, 5) is 40.2. The van der Waals surface area contributed by atoms with Crippen LogP contribution >= 0.6 is 11.3 Å². The second kappa shape index (κ2) is 9.32. The minimum absolute atomic E-state index is 0.0128. The van der Waals surface area contributed by atoms with Gasteiger partial charge in [-0.2, -0.15) is 11.3 Å². The Bertz CT molecular complexity index is 769. The van der Waals surface area contributed by atoms with Crippen LogP contribution in [0.2, 0.25) is 0 Å². The average molecular weight is 385 g/mol. The molecular formula is C20H23N3O3S. The third-order valence-electron chi connectivity index (χ3n) is 4.58. The molecule has 2 heterocycles. The zero-order valence-electron chi connectivity index (χ0n) is 15.1. The standard InChI is InChI=1S/C20H23N3O3S/c24-18(7-4-9-21-19(25)17-8-14-27-15-17)22-10-12-23(13-11-22)20(26)16-5-2-1-3-6-16/h1-3,5-6,8,14-15H,4,7,9-13H2,(H,21,25). The van der Waals surface area contributed by atoms with Crippen molar-refractivity contribution in [1.82, 2.24) is 15.1 Å². The first kappa shape index (κ1) is 19.1. The molecule has 2 aromatic rings. The van der Waals surface area contributed by atoms with E-state index in [4.69, 9.17) is 0 Å². The lowest BCUT2D eigenvalue weighted by Gasteiger charge is -2.35. The average Bonchev–Trinajstić information content (AvgIpc) is 3.26. The Balaban J connectivity index is 1.36. The summed E-state index contributed by atoms with van der Waals surface area (Å²) in [5.74, 6) is -0.0119. The Morgan fingerprint density at radius 2 is 1.63 bits per heavy atom. The van der Waals surface area contributed by atoms with Gasteiger partial charge in [0.2, 0.25) is 5.91 Å². The van der Waals surface area contributed by atoms with Crippen molar-refractivity contribution in [2.24, 2.45) is 0 Å². The fraction of sp³-hybridized carbons (Fsp3) is 0.350. The van der Waals surface area contributed by atoms with Crippen LogP contribution in [0.1, 0.15) is 33.6 Å². The van der Waals surface area contributed by atoms with Crippen molar-refractivity contribution in [3.05, 3.63) is 58.3 Å². The lowest BCUT2D eigenvalue weighted by atomic mass is 10.1. The van der Waals surface area contributed by atoms with Gasteiger partial charge in [-0.25, -0.2) is 0 Å². The highest BCUT2D eigenvalue weighted by atomic mass is 32.1. The van der Waals surface area contributed by atoms with Crippen molar-refractivity contribution in [2.75, 3.05) is 32.7 Å². The molecule has 1 aromatic carbocycles. The van der Waals surface area contributed by atoms with Gasteiger partial charge in [-0.1, -0.05) is 18.2 Å². The van der Waals surface area contributed by atoms with Gasteiger partial charge in [0.25, 0.3) is 11.8 Å². The fourth-order valence-corrected chi connectivity index (χ4v) is 3.65. The first-order valence-corrected chi connectivity index (χ1v) is 10.0. The number of benzene rings is 1. The number of carbonyl (C=O) groups is 3. The maximum atomic E-state index is 12.4. The first-order chi connectivity index (χ1) is 13.1. The molecule has 0 atom stereocenters. The molecular weight excluding hydrogens is 362 g/mol. The van der Waals surface area contributed by atoms with Crippen LogP contribution in [0.4, 0.5) is 0 Å². The van der Waals surface area contributed by atoms with Crippen LogP contribution in [-0.2, 0) is 4.79 Å². The van der Waals surface area contributed by atoms with Crippen LogP contribution < -0.4 is 5.32 Å². The number of rotatable bonds is 6. The molecule has 0 bridgehead atoms. The van der Waals surface area contributed by atoms with E-state index in [1.165, 1.54) is 11.3 Å². The van der Waals surface area contributed by atoms with E-state index >= 15 is 0 Å². The van der Waals surface area contributed by atoms with E-state index in [0.29, 0.717) is 56.7 Å². The van der Waals surface area contributed by atoms with E-state index in [0.717, 1.165) is 0 Å². The highest BCUT2D eigenvalue weighted by Crippen LogP contribution is 2.10. The number of nitrogens with one attached hydrogen (secondary N) is 1. The van der Waals surface area contributed by atoms with Gasteiger partial charge in [-0.3, -0.25) is 14.4 Å². The van der Waals surface area contributed by atoms with Gasteiger partial charge in [0.15, 0.2) is 0 Å². The van der Waals surface area contributed by atoms with E-state index in [9.17, 15) is 14.4 Å². The molecule has 1 saturated heterocycles. The molecule has 0 spiro atoms. The lowest BCUT2D eigenvalue weighted by Crippen LogP contribution is -2.50. The normalized spacial score (nSPS) is 14.1. The molecule has 1 aliphatic heterocycles. The van der Waals surface area contributed by atoms with Crippen molar-refractivity contribution in [3.63, 3.8) is 0 Å². The largest absolute Gasteiger partial charge is 0.352 e. The number of thiophene rings is 1. The summed E-state index contributed by atoms with van der Waals surface area (Å²) in [6, 6.07) is 11.0. The van der Waals surface area contributed by atoms with Gasteiger partial charge < -0.3 is 15.1 Å². The number of amides is 3. The van der Waals surface area contributed by atoms with Crippen molar-refractivity contribution >= 4 is 29.1 Å². The highest BCUT2D eigenvalue weighted by molar-refractivity contribution is 7.08. The van der Waals surface area contributed by atoms with Gasteiger partial charge in [0.05, 0.1) is 0 Å². The highest BCUT2D eigenvalue weighted by Gasteiger charge is 2.24. The smallest absolute Gasteiger partial charge is 0.253 e. The first-order valence-electron chi connectivity index (χ1n) is 9.07.